The van der Waals surface area contributed by atoms with Gasteiger partial charge in [-0.25, -0.2) is 0 Å². The summed E-state index contributed by atoms with van der Waals surface area (Å²) in [6, 6.07) is 4.60. The number of ether oxygens (including phenoxy) is 1. The third kappa shape index (κ3) is 4.14. The molecule has 1 saturated heterocycles. The van der Waals surface area contributed by atoms with E-state index >= 15 is 0 Å². The maximum atomic E-state index is 13.1. The summed E-state index contributed by atoms with van der Waals surface area (Å²) < 4.78 is 44.4. The Bertz CT molecular complexity index is 447. The first kappa shape index (κ1) is 15.7. The van der Waals surface area contributed by atoms with Gasteiger partial charge in [0, 0.05) is 11.4 Å². The molecule has 112 valence electrons. The van der Waals surface area contributed by atoms with Crippen molar-refractivity contribution < 1.29 is 17.9 Å². The summed E-state index contributed by atoms with van der Waals surface area (Å²) in [5, 5.41) is 3.26. The molecule has 2 nitrogen and oxygen atoms in total. The van der Waals surface area contributed by atoms with Crippen LogP contribution in [0, 0.1) is 0 Å². The van der Waals surface area contributed by atoms with Crippen LogP contribution < -0.4 is 5.32 Å². The van der Waals surface area contributed by atoms with E-state index in [1.54, 1.807) is 12.1 Å². The van der Waals surface area contributed by atoms with Gasteiger partial charge < -0.3 is 10.1 Å². The molecule has 2 rings (SSSR count). The van der Waals surface area contributed by atoms with Gasteiger partial charge in [-0.05, 0) is 30.7 Å². The second-order valence-corrected chi connectivity index (χ2v) is 6.12. The molecule has 20 heavy (non-hydrogen) atoms. The number of hydrogen-bond acceptors (Lipinski definition) is 3. The van der Waals surface area contributed by atoms with Gasteiger partial charge in [0.1, 0.15) is 0 Å². The largest absolute Gasteiger partial charge is 0.417 e. The van der Waals surface area contributed by atoms with E-state index in [2.05, 4.69) is 5.32 Å². The van der Waals surface area contributed by atoms with Gasteiger partial charge in [0.2, 0.25) is 0 Å². The van der Waals surface area contributed by atoms with E-state index in [4.69, 9.17) is 4.74 Å². The van der Waals surface area contributed by atoms with Gasteiger partial charge in [-0.2, -0.15) is 13.2 Å². The van der Waals surface area contributed by atoms with Gasteiger partial charge in [-0.1, -0.05) is 13.0 Å². The van der Waals surface area contributed by atoms with E-state index in [-0.39, 0.29) is 5.25 Å². The molecule has 0 bridgehead atoms. The number of hydrogen-bond donors (Lipinski definition) is 1. The van der Waals surface area contributed by atoms with E-state index in [1.165, 1.54) is 17.8 Å². The lowest BCUT2D eigenvalue weighted by Crippen LogP contribution is -2.30. The molecule has 0 unspecified atom stereocenters. The Morgan fingerprint density at radius 3 is 2.65 bits per heavy atom. The standard InChI is InChI=1S/C14H18F3NOS/c1-2-5-18-7-10-3-4-13(20-11-8-19-9-11)12(6-10)14(15,16)17/h3-4,6,11,18H,2,5,7-9H2,1H3. The summed E-state index contributed by atoms with van der Waals surface area (Å²) in [6.45, 7) is 4.35. The lowest BCUT2D eigenvalue weighted by atomic mass is 10.1. The molecule has 0 aromatic heterocycles. The van der Waals surface area contributed by atoms with Crippen molar-refractivity contribution in [2.24, 2.45) is 0 Å². The number of halogens is 3. The number of alkyl halides is 3. The van der Waals surface area contributed by atoms with Crippen molar-refractivity contribution in [2.75, 3.05) is 19.8 Å². The summed E-state index contributed by atoms with van der Waals surface area (Å²) in [4.78, 5) is 0.296. The van der Waals surface area contributed by atoms with Crippen molar-refractivity contribution in [1.29, 1.82) is 0 Å². The van der Waals surface area contributed by atoms with Gasteiger partial charge in [0.25, 0.3) is 0 Å². The van der Waals surface area contributed by atoms with E-state index in [9.17, 15) is 13.2 Å². The molecule has 1 N–H and O–H groups in total. The molecular weight excluding hydrogens is 287 g/mol. The Labute approximate surface area is 121 Å². The number of rotatable bonds is 6. The first-order valence-electron chi connectivity index (χ1n) is 6.66. The second kappa shape index (κ2) is 6.83. The molecular formula is C14H18F3NOS. The SMILES string of the molecule is CCCNCc1ccc(SC2COC2)c(C(F)(F)F)c1. The Kier molecular flexibility index (Phi) is 5.35. The van der Waals surface area contributed by atoms with Crippen molar-refractivity contribution in [3.8, 4) is 0 Å². The molecule has 1 heterocycles. The number of nitrogens with one attached hydrogen (secondary N) is 1. The first-order chi connectivity index (χ1) is 9.50. The fraction of sp³-hybridized carbons (Fsp3) is 0.571. The third-order valence-corrected chi connectivity index (χ3v) is 4.22. The predicted octanol–water partition coefficient (Wildman–Crippen LogP) is 3.70. The summed E-state index contributed by atoms with van der Waals surface area (Å²) >= 11 is 1.26. The highest BCUT2D eigenvalue weighted by molar-refractivity contribution is 8.00. The minimum absolute atomic E-state index is 0.139. The molecule has 0 aliphatic carbocycles. The lowest BCUT2D eigenvalue weighted by Gasteiger charge is -2.26. The quantitative estimate of drug-likeness (QED) is 0.810. The van der Waals surface area contributed by atoms with Crippen molar-refractivity contribution in [1.82, 2.24) is 5.32 Å². The van der Waals surface area contributed by atoms with Crippen LogP contribution in [0.1, 0.15) is 24.5 Å². The molecule has 0 spiro atoms. The summed E-state index contributed by atoms with van der Waals surface area (Å²) in [7, 11) is 0. The maximum absolute atomic E-state index is 13.1. The van der Waals surface area contributed by atoms with E-state index in [0.29, 0.717) is 30.2 Å². The van der Waals surface area contributed by atoms with Crippen LogP contribution in [0.15, 0.2) is 23.1 Å². The Morgan fingerprint density at radius 1 is 1.35 bits per heavy atom. The van der Waals surface area contributed by atoms with Crippen LogP contribution in [-0.2, 0) is 17.5 Å². The number of benzene rings is 1. The minimum Gasteiger partial charge on any atom is -0.379 e. The zero-order chi connectivity index (χ0) is 14.6. The van der Waals surface area contributed by atoms with Gasteiger partial charge in [-0.15, -0.1) is 11.8 Å². The fourth-order valence-corrected chi connectivity index (χ4v) is 3.02. The monoisotopic (exact) mass is 305 g/mol. The lowest BCUT2D eigenvalue weighted by molar-refractivity contribution is -0.139. The maximum Gasteiger partial charge on any atom is 0.417 e. The smallest absolute Gasteiger partial charge is 0.379 e. The minimum atomic E-state index is -4.31. The average molecular weight is 305 g/mol. The van der Waals surface area contributed by atoms with Gasteiger partial charge in [0.05, 0.1) is 24.0 Å². The molecule has 6 heteroatoms. The van der Waals surface area contributed by atoms with Gasteiger partial charge in [-0.3, -0.25) is 0 Å². The molecule has 1 aliphatic heterocycles. The Balaban J connectivity index is 2.14. The van der Waals surface area contributed by atoms with Crippen molar-refractivity contribution in [2.45, 2.75) is 36.2 Å². The highest BCUT2D eigenvalue weighted by Crippen LogP contribution is 2.39. The molecule has 1 aromatic carbocycles. The fourth-order valence-electron chi connectivity index (χ4n) is 1.88. The molecule has 0 amide bonds. The topological polar surface area (TPSA) is 21.3 Å². The first-order valence-corrected chi connectivity index (χ1v) is 7.54. The highest BCUT2D eigenvalue weighted by Gasteiger charge is 2.35. The molecule has 1 fully saturated rings. The summed E-state index contributed by atoms with van der Waals surface area (Å²) in [5.74, 6) is 0. The van der Waals surface area contributed by atoms with Crippen LogP contribution in [0.3, 0.4) is 0 Å². The van der Waals surface area contributed by atoms with E-state index in [0.717, 1.165) is 13.0 Å². The molecule has 1 aromatic rings. The normalized spacial score (nSPS) is 16.2. The van der Waals surface area contributed by atoms with Crippen molar-refractivity contribution in [3.05, 3.63) is 29.3 Å². The summed E-state index contributed by atoms with van der Waals surface area (Å²) in [5.41, 5.74) is 0.130. The Hall–Kier alpha value is -0.720. The predicted molar refractivity (Wildman–Crippen MR) is 73.9 cm³/mol. The molecule has 0 saturated carbocycles. The van der Waals surface area contributed by atoms with Crippen LogP contribution in [0.5, 0.6) is 0 Å². The molecule has 1 aliphatic rings. The average Bonchev–Trinajstić information content (AvgIpc) is 2.34. The second-order valence-electron chi connectivity index (χ2n) is 4.78. The van der Waals surface area contributed by atoms with Crippen LogP contribution in [-0.4, -0.2) is 25.0 Å². The van der Waals surface area contributed by atoms with Crippen LogP contribution in [0.25, 0.3) is 0 Å². The molecule has 0 radical (unpaired) electrons. The van der Waals surface area contributed by atoms with Crippen molar-refractivity contribution >= 4 is 11.8 Å². The third-order valence-electron chi connectivity index (χ3n) is 3.01. The van der Waals surface area contributed by atoms with E-state index in [1.807, 2.05) is 6.92 Å². The van der Waals surface area contributed by atoms with Crippen LogP contribution in [0.2, 0.25) is 0 Å². The summed E-state index contributed by atoms with van der Waals surface area (Å²) in [6.07, 6.45) is -3.35. The van der Waals surface area contributed by atoms with Gasteiger partial charge in [0.15, 0.2) is 0 Å². The Morgan fingerprint density at radius 2 is 2.10 bits per heavy atom. The zero-order valence-corrected chi connectivity index (χ0v) is 12.1. The van der Waals surface area contributed by atoms with Crippen molar-refractivity contribution in [3.63, 3.8) is 0 Å². The van der Waals surface area contributed by atoms with Gasteiger partial charge >= 0.3 is 6.18 Å². The molecule has 0 atom stereocenters. The highest BCUT2D eigenvalue weighted by atomic mass is 32.2. The van der Waals surface area contributed by atoms with Crippen LogP contribution in [0.4, 0.5) is 13.2 Å². The van der Waals surface area contributed by atoms with Crippen LogP contribution >= 0.6 is 11.8 Å². The number of thioether (sulfide) groups is 1. The zero-order valence-electron chi connectivity index (χ0n) is 11.3. The van der Waals surface area contributed by atoms with E-state index < -0.39 is 11.7 Å².